The number of benzene rings is 1. The Morgan fingerprint density at radius 3 is 2.31 bits per heavy atom. The van der Waals surface area contributed by atoms with Crippen molar-refractivity contribution in [2.24, 2.45) is 0 Å². The maximum Gasteiger partial charge on any atom is 0.256 e. The van der Waals surface area contributed by atoms with E-state index in [2.05, 4.69) is 0 Å². The second-order valence-electron chi connectivity index (χ2n) is 3.29. The maximum atomic E-state index is 13.2. The molecule has 0 aromatic heterocycles. The normalized spacial score (nSPS) is 12.1. The standard InChI is InChI=1S/C8H11F2N3O2S/c1-13(2)12-16(14,15)8-4-7(11)5(9)3-6(8)10/h3-4,12H,11H2,1-2H3. The molecule has 90 valence electrons. The summed E-state index contributed by atoms with van der Waals surface area (Å²) in [5.41, 5.74) is 4.74. The predicted molar refractivity (Wildman–Crippen MR) is 54.8 cm³/mol. The second-order valence-corrected chi connectivity index (χ2v) is 4.92. The van der Waals surface area contributed by atoms with E-state index in [9.17, 15) is 17.2 Å². The topological polar surface area (TPSA) is 75.4 Å². The van der Waals surface area contributed by atoms with Crippen LogP contribution in [-0.4, -0.2) is 27.5 Å². The van der Waals surface area contributed by atoms with Crippen LogP contribution in [-0.2, 0) is 10.0 Å². The monoisotopic (exact) mass is 251 g/mol. The van der Waals surface area contributed by atoms with Gasteiger partial charge in [0.2, 0.25) is 0 Å². The van der Waals surface area contributed by atoms with Crippen molar-refractivity contribution in [1.82, 2.24) is 9.84 Å². The highest BCUT2D eigenvalue weighted by Crippen LogP contribution is 2.20. The highest BCUT2D eigenvalue weighted by Gasteiger charge is 2.21. The molecule has 0 spiro atoms. The average molecular weight is 251 g/mol. The second kappa shape index (κ2) is 4.32. The first-order chi connectivity index (χ1) is 7.24. The molecule has 3 N–H and O–H groups in total. The van der Waals surface area contributed by atoms with Crippen LogP contribution in [0.15, 0.2) is 17.0 Å². The lowest BCUT2D eigenvalue weighted by Crippen LogP contribution is -2.36. The minimum atomic E-state index is -4.08. The van der Waals surface area contributed by atoms with Gasteiger partial charge in [-0.05, 0) is 6.07 Å². The third-order valence-corrected chi connectivity index (χ3v) is 3.14. The molecule has 16 heavy (non-hydrogen) atoms. The van der Waals surface area contributed by atoms with Gasteiger partial charge in [0.1, 0.15) is 16.5 Å². The summed E-state index contributed by atoms with van der Waals surface area (Å²) >= 11 is 0. The fourth-order valence-corrected chi connectivity index (χ4v) is 2.22. The molecule has 1 aromatic carbocycles. The Labute approximate surface area is 91.9 Å². The molecule has 0 aliphatic carbocycles. The minimum absolute atomic E-state index is 0.430. The van der Waals surface area contributed by atoms with Crippen LogP contribution in [0.2, 0.25) is 0 Å². The molecule has 0 bridgehead atoms. The average Bonchev–Trinajstić information content (AvgIpc) is 2.08. The molecule has 0 fully saturated rings. The lowest BCUT2D eigenvalue weighted by molar-refractivity contribution is 0.362. The van der Waals surface area contributed by atoms with Crippen LogP contribution < -0.4 is 10.6 Å². The zero-order valence-electron chi connectivity index (χ0n) is 8.66. The number of nitrogens with zero attached hydrogens (tertiary/aromatic N) is 1. The summed E-state index contributed by atoms with van der Waals surface area (Å²) in [4.78, 5) is 1.32. The van der Waals surface area contributed by atoms with Gasteiger partial charge in [-0.25, -0.2) is 22.2 Å². The summed E-state index contributed by atoms with van der Waals surface area (Å²) in [5.74, 6) is -2.19. The van der Waals surface area contributed by atoms with Gasteiger partial charge in [0, 0.05) is 20.2 Å². The van der Waals surface area contributed by atoms with Crippen LogP contribution in [0.5, 0.6) is 0 Å². The van der Waals surface area contributed by atoms with Gasteiger partial charge >= 0.3 is 0 Å². The van der Waals surface area contributed by atoms with Crippen LogP contribution in [0.25, 0.3) is 0 Å². The minimum Gasteiger partial charge on any atom is -0.396 e. The number of nitrogens with one attached hydrogen (secondary N) is 1. The van der Waals surface area contributed by atoms with Crippen LogP contribution in [0, 0.1) is 11.6 Å². The zero-order chi connectivity index (χ0) is 12.5. The van der Waals surface area contributed by atoms with Crippen LogP contribution in [0.1, 0.15) is 0 Å². The first-order valence-corrected chi connectivity index (χ1v) is 5.66. The van der Waals surface area contributed by atoms with Crippen molar-refractivity contribution in [2.75, 3.05) is 19.8 Å². The van der Waals surface area contributed by atoms with E-state index in [4.69, 9.17) is 5.73 Å². The van der Waals surface area contributed by atoms with Crippen molar-refractivity contribution in [3.63, 3.8) is 0 Å². The third kappa shape index (κ3) is 2.65. The first-order valence-electron chi connectivity index (χ1n) is 4.18. The SMILES string of the molecule is CN(C)NS(=O)(=O)c1cc(N)c(F)cc1F. The van der Waals surface area contributed by atoms with E-state index in [1.807, 2.05) is 4.83 Å². The van der Waals surface area contributed by atoms with Crippen molar-refractivity contribution in [3.05, 3.63) is 23.8 Å². The van der Waals surface area contributed by atoms with Gasteiger partial charge in [0.25, 0.3) is 10.0 Å². The van der Waals surface area contributed by atoms with Gasteiger partial charge in [0.15, 0.2) is 0 Å². The lowest BCUT2D eigenvalue weighted by atomic mass is 10.3. The molecule has 5 nitrogen and oxygen atoms in total. The first kappa shape index (κ1) is 12.8. The Kier molecular flexibility index (Phi) is 3.46. The van der Waals surface area contributed by atoms with Crippen molar-refractivity contribution in [2.45, 2.75) is 4.90 Å². The van der Waals surface area contributed by atoms with E-state index in [1.54, 1.807) is 0 Å². The molecule has 0 saturated carbocycles. The van der Waals surface area contributed by atoms with Crippen LogP contribution in [0.3, 0.4) is 0 Å². The van der Waals surface area contributed by atoms with Gasteiger partial charge in [-0.2, -0.15) is 0 Å². The number of hydrogen-bond acceptors (Lipinski definition) is 4. The Bertz CT molecular complexity index is 502. The molecule has 0 unspecified atom stereocenters. The quantitative estimate of drug-likeness (QED) is 0.598. The van der Waals surface area contributed by atoms with Gasteiger partial charge in [-0.1, -0.05) is 0 Å². The predicted octanol–water partition coefficient (Wildman–Crippen LogP) is 0.302. The number of nitrogens with two attached hydrogens (primary N) is 1. The third-order valence-electron chi connectivity index (χ3n) is 1.64. The number of anilines is 1. The van der Waals surface area contributed by atoms with Crippen molar-refractivity contribution in [3.8, 4) is 0 Å². The van der Waals surface area contributed by atoms with Crippen molar-refractivity contribution >= 4 is 15.7 Å². The Morgan fingerprint density at radius 1 is 1.25 bits per heavy atom. The fourth-order valence-electron chi connectivity index (χ4n) is 1.04. The summed E-state index contributed by atoms with van der Waals surface area (Å²) in [5, 5.41) is 1.12. The zero-order valence-corrected chi connectivity index (χ0v) is 9.48. The molecule has 1 rings (SSSR count). The van der Waals surface area contributed by atoms with Crippen molar-refractivity contribution in [1.29, 1.82) is 0 Å². The van der Waals surface area contributed by atoms with Gasteiger partial charge in [-0.15, -0.1) is 4.83 Å². The van der Waals surface area contributed by atoms with Crippen LogP contribution >= 0.6 is 0 Å². The molecule has 8 heteroatoms. The molecule has 0 saturated heterocycles. The molecular formula is C8H11F2N3O2S. The van der Waals surface area contributed by atoms with E-state index in [-0.39, 0.29) is 0 Å². The van der Waals surface area contributed by atoms with Gasteiger partial charge in [-0.3, -0.25) is 0 Å². The highest BCUT2D eigenvalue weighted by atomic mass is 32.2. The molecule has 0 radical (unpaired) electrons. The van der Waals surface area contributed by atoms with E-state index < -0.39 is 32.2 Å². The molecule has 1 aromatic rings. The Morgan fingerprint density at radius 2 is 1.81 bits per heavy atom. The molecule has 0 aliphatic heterocycles. The molecule has 0 heterocycles. The van der Waals surface area contributed by atoms with Gasteiger partial charge in [0.05, 0.1) is 5.69 Å². The molecule has 0 atom stereocenters. The smallest absolute Gasteiger partial charge is 0.256 e. The number of rotatable bonds is 3. The van der Waals surface area contributed by atoms with Crippen LogP contribution in [0.4, 0.5) is 14.5 Å². The number of nitrogen functional groups attached to an aromatic ring is 1. The number of hydrogen-bond donors (Lipinski definition) is 2. The fraction of sp³-hybridized carbons (Fsp3) is 0.250. The number of hydrazine groups is 1. The maximum absolute atomic E-state index is 13.2. The van der Waals surface area contributed by atoms with E-state index in [0.29, 0.717) is 6.07 Å². The summed E-state index contributed by atoms with van der Waals surface area (Å²) < 4.78 is 49.2. The van der Waals surface area contributed by atoms with Gasteiger partial charge < -0.3 is 5.73 Å². The highest BCUT2D eigenvalue weighted by molar-refractivity contribution is 7.89. The van der Waals surface area contributed by atoms with E-state index >= 15 is 0 Å². The summed E-state index contributed by atoms with van der Waals surface area (Å²) in [7, 11) is -1.24. The summed E-state index contributed by atoms with van der Waals surface area (Å²) in [6, 6.07) is 1.16. The molecule has 0 amide bonds. The molecule has 0 aliphatic rings. The lowest BCUT2D eigenvalue weighted by Gasteiger charge is -2.13. The molecular weight excluding hydrogens is 240 g/mol. The largest absolute Gasteiger partial charge is 0.396 e. The number of halogens is 2. The number of sulfonamides is 1. The summed E-state index contributed by atoms with van der Waals surface area (Å²) in [6.07, 6.45) is 0. The van der Waals surface area contributed by atoms with E-state index in [0.717, 1.165) is 11.1 Å². The van der Waals surface area contributed by atoms with Crippen molar-refractivity contribution < 1.29 is 17.2 Å². The Hall–Kier alpha value is -1.25. The Balaban J connectivity index is 3.29. The van der Waals surface area contributed by atoms with E-state index in [1.165, 1.54) is 14.1 Å². The summed E-state index contributed by atoms with van der Waals surface area (Å²) in [6.45, 7) is 0.